The summed E-state index contributed by atoms with van der Waals surface area (Å²) in [7, 11) is 1.54. The van der Waals surface area contributed by atoms with Gasteiger partial charge in [-0.05, 0) is 19.2 Å². The minimum atomic E-state index is -0.971. The SMILES string of the molecule is CNC(CNc1ccccc1F)C(=O)O. The second-order valence-electron chi connectivity index (χ2n) is 3.04. The second-order valence-corrected chi connectivity index (χ2v) is 3.04. The molecule has 0 saturated heterocycles. The predicted molar refractivity (Wildman–Crippen MR) is 55.4 cm³/mol. The number of carbonyl (C=O) groups is 1. The molecular weight excluding hydrogens is 199 g/mol. The first-order chi connectivity index (χ1) is 7.15. The molecule has 3 N–H and O–H groups in total. The lowest BCUT2D eigenvalue weighted by Gasteiger charge is -2.13. The van der Waals surface area contributed by atoms with Crippen LogP contribution in [0, 0.1) is 5.82 Å². The maximum absolute atomic E-state index is 13.1. The van der Waals surface area contributed by atoms with Crippen molar-refractivity contribution < 1.29 is 14.3 Å². The summed E-state index contributed by atoms with van der Waals surface area (Å²) in [5.41, 5.74) is 0.305. The minimum absolute atomic E-state index is 0.132. The average molecular weight is 212 g/mol. The molecule has 1 aromatic carbocycles. The summed E-state index contributed by atoms with van der Waals surface area (Å²) in [5, 5.41) is 14.1. The Bertz CT molecular complexity index is 344. The number of para-hydroxylation sites is 1. The molecule has 0 spiro atoms. The number of carboxylic acid groups (broad SMARTS) is 1. The number of hydrogen-bond acceptors (Lipinski definition) is 3. The van der Waals surface area contributed by atoms with Gasteiger partial charge in [0.2, 0.25) is 0 Å². The van der Waals surface area contributed by atoms with Crippen molar-refractivity contribution in [2.24, 2.45) is 0 Å². The number of nitrogens with one attached hydrogen (secondary N) is 2. The summed E-state index contributed by atoms with van der Waals surface area (Å²) in [5.74, 6) is -1.36. The van der Waals surface area contributed by atoms with Crippen LogP contribution >= 0.6 is 0 Å². The fourth-order valence-electron chi connectivity index (χ4n) is 1.13. The Morgan fingerprint density at radius 1 is 1.53 bits per heavy atom. The molecular formula is C10H13FN2O2. The lowest BCUT2D eigenvalue weighted by molar-refractivity contribution is -0.138. The quantitative estimate of drug-likeness (QED) is 0.679. The Hall–Kier alpha value is -1.62. The van der Waals surface area contributed by atoms with E-state index in [-0.39, 0.29) is 6.54 Å². The van der Waals surface area contributed by atoms with E-state index in [4.69, 9.17) is 5.11 Å². The van der Waals surface area contributed by atoms with E-state index in [0.29, 0.717) is 5.69 Å². The highest BCUT2D eigenvalue weighted by Gasteiger charge is 2.14. The molecule has 0 bridgehead atoms. The fraction of sp³-hybridized carbons (Fsp3) is 0.300. The molecule has 0 aliphatic carbocycles. The number of aliphatic carboxylic acids is 1. The maximum atomic E-state index is 13.1. The van der Waals surface area contributed by atoms with Crippen molar-refractivity contribution in [3.63, 3.8) is 0 Å². The molecule has 0 aliphatic rings. The Kier molecular flexibility index (Phi) is 4.05. The second kappa shape index (κ2) is 5.31. The number of anilines is 1. The van der Waals surface area contributed by atoms with Crippen LogP contribution in [0.1, 0.15) is 0 Å². The predicted octanol–water partition coefficient (Wildman–Crippen LogP) is 0.910. The highest BCUT2D eigenvalue weighted by molar-refractivity contribution is 5.74. The third-order valence-electron chi connectivity index (χ3n) is 2.02. The molecule has 0 fully saturated rings. The molecule has 1 aromatic rings. The van der Waals surface area contributed by atoms with Gasteiger partial charge in [-0.15, -0.1) is 0 Å². The van der Waals surface area contributed by atoms with Crippen LogP contribution in [0.4, 0.5) is 10.1 Å². The molecule has 1 atom stereocenters. The van der Waals surface area contributed by atoms with Crippen molar-refractivity contribution in [2.75, 3.05) is 18.9 Å². The molecule has 0 amide bonds. The van der Waals surface area contributed by atoms with Crippen molar-refractivity contribution in [3.05, 3.63) is 30.1 Å². The number of likely N-dealkylation sites (N-methyl/N-ethyl adjacent to an activating group) is 1. The molecule has 0 saturated carbocycles. The molecule has 4 nitrogen and oxygen atoms in total. The Morgan fingerprint density at radius 3 is 2.73 bits per heavy atom. The van der Waals surface area contributed by atoms with E-state index < -0.39 is 17.8 Å². The van der Waals surface area contributed by atoms with Crippen LogP contribution in [0.25, 0.3) is 0 Å². The number of rotatable bonds is 5. The first kappa shape index (κ1) is 11.5. The molecule has 82 valence electrons. The van der Waals surface area contributed by atoms with Crippen LogP contribution in [0.3, 0.4) is 0 Å². The average Bonchev–Trinajstić information content (AvgIpc) is 2.21. The van der Waals surface area contributed by atoms with E-state index in [1.54, 1.807) is 25.2 Å². The minimum Gasteiger partial charge on any atom is -0.480 e. The van der Waals surface area contributed by atoms with Gasteiger partial charge in [0.15, 0.2) is 0 Å². The molecule has 1 rings (SSSR count). The van der Waals surface area contributed by atoms with E-state index in [1.807, 2.05) is 0 Å². The Morgan fingerprint density at radius 2 is 2.20 bits per heavy atom. The summed E-state index contributed by atoms with van der Waals surface area (Å²) >= 11 is 0. The van der Waals surface area contributed by atoms with Gasteiger partial charge in [0, 0.05) is 6.54 Å². The summed E-state index contributed by atoms with van der Waals surface area (Å²) in [6.45, 7) is 0.132. The Balaban J connectivity index is 2.56. The molecule has 15 heavy (non-hydrogen) atoms. The van der Waals surface area contributed by atoms with Crippen molar-refractivity contribution in [3.8, 4) is 0 Å². The van der Waals surface area contributed by atoms with Crippen LogP contribution < -0.4 is 10.6 Å². The van der Waals surface area contributed by atoms with Gasteiger partial charge in [-0.3, -0.25) is 4.79 Å². The Labute approximate surface area is 87.1 Å². The van der Waals surface area contributed by atoms with Gasteiger partial charge < -0.3 is 15.7 Å². The van der Waals surface area contributed by atoms with Gasteiger partial charge in [-0.25, -0.2) is 4.39 Å². The summed E-state index contributed by atoms with van der Waals surface area (Å²) in [6, 6.07) is 5.40. The number of hydrogen-bond donors (Lipinski definition) is 3. The standard InChI is InChI=1S/C10H13FN2O2/c1-12-9(10(14)15)6-13-8-5-3-2-4-7(8)11/h2-5,9,12-13H,6H2,1H3,(H,14,15). The molecule has 0 radical (unpaired) electrons. The van der Waals surface area contributed by atoms with Crippen LogP contribution in [0.15, 0.2) is 24.3 Å². The van der Waals surface area contributed by atoms with E-state index in [9.17, 15) is 9.18 Å². The van der Waals surface area contributed by atoms with Crippen LogP contribution in [-0.2, 0) is 4.79 Å². The molecule has 0 aliphatic heterocycles. The summed E-state index contributed by atoms with van der Waals surface area (Å²) < 4.78 is 13.1. The lowest BCUT2D eigenvalue weighted by Crippen LogP contribution is -2.39. The first-order valence-electron chi connectivity index (χ1n) is 4.53. The van der Waals surface area contributed by atoms with Crippen molar-refractivity contribution in [2.45, 2.75) is 6.04 Å². The third-order valence-corrected chi connectivity index (χ3v) is 2.02. The lowest BCUT2D eigenvalue weighted by atomic mass is 10.2. The monoisotopic (exact) mass is 212 g/mol. The topological polar surface area (TPSA) is 61.4 Å². The van der Waals surface area contributed by atoms with Gasteiger partial charge in [-0.2, -0.15) is 0 Å². The van der Waals surface area contributed by atoms with Gasteiger partial charge in [-0.1, -0.05) is 12.1 Å². The highest BCUT2D eigenvalue weighted by Crippen LogP contribution is 2.11. The van der Waals surface area contributed by atoms with Gasteiger partial charge in [0.1, 0.15) is 11.9 Å². The van der Waals surface area contributed by atoms with Gasteiger partial charge >= 0.3 is 5.97 Å². The van der Waals surface area contributed by atoms with Crippen LogP contribution in [0.2, 0.25) is 0 Å². The first-order valence-corrected chi connectivity index (χ1v) is 4.53. The van der Waals surface area contributed by atoms with Crippen molar-refractivity contribution in [1.29, 1.82) is 0 Å². The fourth-order valence-corrected chi connectivity index (χ4v) is 1.13. The number of halogens is 1. The zero-order valence-electron chi connectivity index (χ0n) is 8.33. The maximum Gasteiger partial charge on any atom is 0.322 e. The molecule has 1 unspecified atom stereocenters. The molecule has 0 aromatic heterocycles. The van der Waals surface area contributed by atoms with Crippen molar-refractivity contribution >= 4 is 11.7 Å². The number of carboxylic acids is 1. The summed E-state index contributed by atoms with van der Waals surface area (Å²) in [6.07, 6.45) is 0. The smallest absolute Gasteiger partial charge is 0.322 e. The van der Waals surface area contributed by atoms with Crippen molar-refractivity contribution in [1.82, 2.24) is 5.32 Å². The molecule has 5 heteroatoms. The van der Waals surface area contributed by atoms with Crippen LogP contribution in [-0.4, -0.2) is 30.7 Å². The summed E-state index contributed by atoms with van der Waals surface area (Å²) in [4.78, 5) is 10.6. The largest absolute Gasteiger partial charge is 0.480 e. The zero-order chi connectivity index (χ0) is 11.3. The normalized spacial score (nSPS) is 12.1. The zero-order valence-corrected chi connectivity index (χ0v) is 8.33. The van der Waals surface area contributed by atoms with E-state index in [0.717, 1.165) is 0 Å². The highest BCUT2D eigenvalue weighted by atomic mass is 19.1. The van der Waals surface area contributed by atoms with E-state index in [1.165, 1.54) is 6.07 Å². The van der Waals surface area contributed by atoms with Gasteiger partial charge in [0.05, 0.1) is 5.69 Å². The van der Waals surface area contributed by atoms with Gasteiger partial charge in [0.25, 0.3) is 0 Å². The molecule has 0 heterocycles. The van der Waals surface area contributed by atoms with E-state index in [2.05, 4.69) is 10.6 Å². The van der Waals surface area contributed by atoms with E-state index >= 15 is 0 Å². The third kappa shape index (κ3) is 3.21. The number of benzene rings is 1. The van der Waals surface area contributed by atoms with Crippen LogP contribution in [0.5, 0.6) is 0 Å².